The molecular formula is C23H21ClN2O7. The second-order valence-electron chi connectivity index (χ2n) is 7.54. The third-order valence-corrected chi connectivity index (χ3v) is 5.94. The van der Waals surface area contributed by atoms with Crippen LogP contribution < -0.4 is 14.4 Å². The Morgan fingerprint density at radius 2 is 1.67 bits per heavy atom. The molecule has 0 spiro atoms. The summed E-state index contributed by atoms with van der Waals surface area (Å²) in [4.78, 5) is 52.4. The smallest absolute Gasteiger partial charge is 0.311 e. The van der Waals surface area contributed by atoms with Crippen LogP contribution in [0, 0.1) is 5.92 Å². The van der Waals surface area contributed by atoms with Crippen molar-refractivity contribution >= 4 is 41.0 Å². The second kappa shape index (κ2) is 9.11. The summed E-state index contributed by atoms with van der Waals surface area (Å²) in [5.41, 5.74) is 1.09. The Morgan fingerprint density at radius 1 is 1.03 bits per heavy atom. The topological polar surface area (TPSA) is 102 Å². The van der Waals surface area contributed by atoms with Gasteiger partial charge in [-0.05, 0) is 18.2 Å². The van der Waals surface area contributed by atoms with Gasteiger partial charge in [0.2, 0.25) is 5.91 Å². The van der Waals surface area contributed by atoms with Gasteiger partial charge in [0.05, 0.1) is 48.5 Å². The fraction of sp³-hybridized carbons (Fsp3) is 0.304. The van der Waals surface area contributed by atoms with Crippen molar-refractivity contribution in [3.63, 3.8) is 0 Å². The maximum atomic E-state index is 12.6. The van der Waals surface area contributed by atoms with Crippen molar-refractivity contribution in [3.05, 3.63) is 52.5 Å². The average Bonchev–Trinajstić information content (AvgIpc) is 3.32. The molecule has 2 heterocycles. The lowest BCUT2D eigenvalue weighted by Gasteiger charge is -2.21. The van der Waals surface area contributed by atoms with Crippen molar-refractivity contribution in [1.82, 2.24) is 4.90 Å². The van der Waals surface area contributed by atoms with Gasteiger partial charge in [-0.25, -0.2) is 0 Å². The highest BCUT2D eigenvalue weighted by atomic mass is 35.5. The molecule has 1 saturated heterocycles. The minimum Gasteiger partial charge on any atom is -0.495 e. The number of anilines is 1. The maximum Gasteiger partial charge on any atom is 0.311 e. The molecule has 1 unspecified atom stereocenters. The van der Waals surface area contributed by atoms with E-state index < -0.39 is 23.7 Å². The molecule has 10 heteroatoms. The highest BCUT2D eigenvalue weighted by molar-refractivity contribution is 6.32. The number of rotatable bonds is 7. The molecule has 2 aromatic rings. The molecule has 0 bridgehead atoms. The zero-order valence-electron chi connectivity index (χ0n) is 18.0. The van der Waals surface area contributed by atoms with Gasteiger partial charge >= 0.3 is 5.97 Å². The van der Waals surface area contributed by atoms with Gasteiger partial charge in [-0.3, -0.25) is 24.1 Å². The normalized spacial score (nSPS) is 17.4. The maximum absolute atomic E-state index is 12.6. The molecule has 3 amide bonds. The van der Waals surface area contributed by atoms with Crippen molar-refractivity contribution < 1.29 is 33.4 Å². The van der Waals surface area contributed by atoms with Gasteiger partial charge in [-0.2, -0.15) is 0 Å². The Morgan fingerprint density at radius 3 is 2.27 bits per heavy atom. The second-order valence-corrected chi connectivity index (χ2v) is 7.95. The van der Waals surface area contributed by atoms with Crippen LogP contribution >= 0.6 is 11.6 Å². The Labute approximate surface area is 194 Å². The van der Waals surface area contributed by atoms with Crippen molar-refractivity contribution in [3.8, 4) is 11.5 Å². The molecule has 0 radical (unpaired) electrons. The predicted molar refractivity (Wildman–Crippen MR) is 118 cm³/mol. The number of amides is 3. The number of imide groups is 1. The van der Waals surface area contributed by atoms with Crippen molar-refractivity contribution in [2.75, 3.05) is 38.8 Å². The number of carbonyl (C=O) groups is 4. The number of halogens is 1. The average molecular weight is 473 g/mol. The lowest BCUT2D eigenvalue weighted by Crippen LogP contribution is -2.34. The highest BCUT2D eigenvalue weighted by Crippen LogP contribution is 2.40. The summed E-state index contributed by atoms with van der Waals surface area (Å²) in [6.07, 6.45) is -0.0430. The van der Waals surface area contributed by atoms with E-state index in [-0.39, 0.29) is 32.0 Å². The first-order chi connectivity index (χ1) is 15.8. The van der Waals surface area contributed by atoms with Gasteiger partial charge in [-0.15, -0.1) is 0 Å². The Hall–Kier alpha value is -3.59. The van der Waals surface area contributed by atoms with Crippen LogP contribution in [0.1, 0.15) is 27.1 Å². The van der Waals surface area contributed by atoms with E-state index in [4.69, 9.17) is 25.8 Å². The van der Waals surface area contributed by atoms with Crippen LogP contribution in [0.25, 0.3) is 0 Å². The summed E-state index contributed by atoms with van der Waals surface area (Å²) >= 11 is 6.20. The summed E-state index contributed by atoms with van der Waals surface area (Å²) in [5, 5.41) is 0.299. The fourth-order valence-electron chi connectivity index (χ4n) is 3.95. The molecule has 0 aromatic heterocycles. The van der Waals surface area contributed by atoms with Crippen LogP contribution in [-0.4, -0.2) is 62.5 Å². The zero-order chi connectivity index (χ0) is 23.7. The van der Waals surface area contributed by atoms with Crippen molar-refractivity contribution in [2.45, 2.75) is 6.42 Å². The van der Waals surface area contributed by atoms with Crippen LogP contribution in [0.15, 0.2) is 36.4 Å². The molecule has 33 heavy (non-hydrogen) atoms. The number of hydrogen-bond acceptors (Lipinski definition) is 7. The third kappa shape index (κ3) is 4.11. The summed E-state index contributed by atoms with van der Waals surface area (Å²) < 4.78 is 15.8. The number of esters is 1. The van der Waals surface area contributed by atoms with Crippen LogP contribution in [-0.2, 0) is 14.3 Å². The molecular weight excluding hydrogens is 452 g/mol. The molecule has 9 nitrogen and oxygen atoms in total. The first-order valence-electron chi connectivity index (χ1n) is 10.2. The number of fused-ring (bicyclic) bond motifs is 1. The summed E-state index contributed by atoms with van der Waals surface area (Å²) in [6, 6.07) is 9.65. The number of hydrogen-bond donors (Lipinski definition) is 0. The monoisotopic (exact) mass is 472 g/mol. The zero-order valence-corrected chi connectivity index (χ0v) is 18.8. The molecule has 0 N–H and O–H groups in total. The van der Waals surface area contributed by atoms with Crippen molar-refractivity contribution in [1.29, 1.82) is 0 Å². The quantitative estimate of drug-likeness (QED) is 0.450. The van der Waals surface area contributed by atoms with Gasteiger partial charge in [0.15, 0.2) is 0 Å². The molecule has 0 saturated carbocycles. The standard InChI is InChI=1S/C23H21ClN2O7/c1-31-18-11-19(32-2)17(10-16(18)24)26-12-13(9-20(26)27)23(30)33-8-7-25-21(28)14-5-3-4-6-15(14)22(25)29/h3-6,10-11,13H,7-9,12H2,1-2H3. The number of methoxy groups -OCH3 is 2. The van der Waals surface area contributed by atoms with E-state index in [9.17, 15) is 19.2 Å². The highest BCUT2D eigenvalue weighted by Gasteiger charge is 2.38. The Balaban J connectivity index is 1.37. The van der Waals surface area contributed by atoms with E-state index in [1.165, 1.54) is 19.1 Å². The van der Waals surface area contributed by atoms with Gasteiger partial charge in [0.25, 0.3) is 11.8 Å². The number of carbonyl (C=O) groups excluding carboxylic acids is 4. The minimum absolute atomic E-state index is 0.0430. The summed E-state index contributed by atoms with van der Waals surface area (Å²) in [7, 11) is 2.92. The molecule has 1 atom stereocenters. The van der Waals surface area contributed by atoms with Crippen molar-refractivity contribution in [2.24, 2.45) is 5.92 Å². The number of benzene rings is 2. The molecule has 4 rings (SSSR count). The number of ether oxygens (including phenoxy) is 3. The SMILES string of the molecule is COc1cc(OC)c(N2CC(C(=O)OCCN3C(=O)c4ccccc4C3=O)CC2=O)cc1Cl. The van der Waals surface area contributed by atoms with Gasteiger partial charge in [-0.1, -0.05) is 23.7 Å². The van der Waals surface area contributed by atoms with Gasteiger partial charge in [0, 0.05) is 19.0 Å². The van der Waals surface area contributed by atoms with Crippen LogP contribution in [0.3, 0.4) is 0 Å². The fourth-order valence-corrected chi connectivity index (χ4v) is 4.19. The lowest BCUT2D eigenvalue weighted by atomic mass is 10.1. The Bertz CT molecular complexity index is 1110. The molecule has 1 fully saturated rings. The minimum atomic E-state index is -0.703. The first kappa shape index (κ1) is 22.6. The van der Waals surface area contributed by atoms with Crippen LogP contribution in [0.4, 0.5) is 5.69 Å². The van der Waals surface area contributed by atoms with Gasteiger partial charge in [0.1, 0.15) is 18.1 Å². The Kier molecular flexibility index (Phi) is 6.24. The first-order valence-corrected chi connectivity index (χ1v) is 10.6. The van der Waals surface area contributed by atoms with E-state index in [1.54, 1.807) is 36.4 Å². The summed E-state index contributed by atoms with van der Waals surface area (Å²) in [6.45, 7) is -0.138. The number of nitrogens with zero attached hydrogens (tertiary/aromatic N) is 2. The molecule has 2 aliphatic rings. The van der Waals surface area contributed by atoms with E-state index in [0.29, 0.717) is 33.3 Å². The molecule has 0 aliphatic carbocycles. The largest absolute Gasteiger partial charge is 0.495 e. The molecule has 2 aliphatic heterocycles. The summed E-state index contributed by atoms with van der Waals surface area (Å²) in [5.74, 6) is -1.63. The lowest BCUT2D eigenvalue weighted by molar-refractivity contribution is -0.148. The van der Waals surface area contributed by atoms with E-state index in [2.05, 4.69) is 0 Å². The van der Waals surface area contributed by atoms with Gasteiger partial charge < -0.3 is 19.1 Å². The third-order valence-electron chi connectivity index (χ3n) is 5.64. The van der Waals surface area contributed by atoms with E-state index >= 15 is 0 Å². The van der Waals surface area contributed by atoms with E-state index in [1.807, 2.05) is 0 Å². The van der Waals surface area contributed by atoms with E-state index in [0.717, 1.165) is 4.90 Å². The van der Waals surface area contributed by atoms with Crippen LogP contribution in [0.5, 0.6) is 11.5 Å². The van der Waals surface area contributed by atoms with Crippen LogP contribution in [0.2, 0.25) is 5.02 Å². The predicted octanol–water partition coefficient (Wildman–Crippen LogP) is 2.55. The molecule has 172 valence electrons. The molecule has 2 aromatic carbocycles.